The maximum absolute atomic E-state index is 12.2. The molecule has 0 saturated carbocycles. The van der Waals surface area contributed by atoms with Gasteiger partial charge < -0.3 is 15.5 Å². The van der Waals surface area contributed by atoms with E-state index in [2.05, 4.69) is 29.5 Å². The number of rotatable bonds is 4. The summed E-state index contributed by atoms with van der Waals surface area (Å²) in [6.07, 6.45) is 4.70. The second kappa shape index (κ2) is 7.94. The van der Waals surface area contributed by atoms with Gasteiger partial charge in [-0.05, 0) is 37.8 Å². The molecule has 1 saturated heterocycles. The lowest BCUT2D eigenvalue weighted by Crippen LogP contribution is -2.46. The number of amides is 3. The minimum atomic E-state index is -0.120. The van der Waals surface area contributed by atoms with E-state index in [1.165, 1.54) is 0 Å². The Hall–Kier alpha value is -2.11. The number of urea groups is 1. The Bertz CT molecular complexity index is 525. The van der Waals surface area contributed by atoms with Gasteiger partial charge in [0.1, 0.15) is 0 Å². The Labute approximate surface area is 137 Å². The quantitative estimate of drug-likeness (QED) is 0.895. The molecule has 6 nitrogen and oxygen atoms in total. The van der Waals surface area contributed by atoms with E-state index in [0.29, 0.717) is 31.8 Å². The van der Waals surface area contributed by atoms with Crippen molar-refractivity contribution in [3.63, 3.8) is 0 Å². The highest BCUT2D eigenvalue weighted by Crippen LogP contribution is 2.19. The molecule has 1 fully saturated rings. The molecule has 0 bridgehead atoms. The van der Waals surface area contributed by atoms with Crippen molar-refractivity contribution < 1.29 is 9.59 Å². The third kappa shape index (κ3) is 4.94. The fourth-order valence-corrected chi connectivity index (χ4v) is 2.49. The molecule has 1 atom stereocenters. The monoisotopic (exact) mass is 318 g/mol. The standard InChI is InChI=1S/C17H26N4O2/c1-12(2)13(3)19-16(22)14-6-10-21(11-7-14)17(23)20-15-4-8-18-9-5-15/h4-5,8-9,12-14H,6-7,10-11H2,1-3H3,(H,19,22)(H,18,20,23)/t13-/m1/s1. The van der Waals surface area contributed by atoms with Crippen LogP contribution in [0.1, 0.15) is 33.6 Å². The second-order valence-corrected chi connectivity index (χ2v) is 6.47. The number of carbonyl (C=O) groups excluding carboxylic acids is 2. The van der Waals surface area contributed by atoms with Crippen LogP contribution in [0.5, 0.6) is 0 Å². The third-order valence-electron chi connectivity index (χ3n) is 4.45. The van der Waals surface area contributed by atoms with Gasteiger partial charge >= 0.3 is 6.03 Å². The predicted octanol–water partition coefficient (Wildman–Crippen LogP) is 2.49. The maximum Gasteiger partial charge on any atom is 0.321 e. The second-order valence-electron chi connectivity index (χ2n) is 6.47. The maximum atomic E-state index is 12.2. The molecule has 0 unspecified atom stereocenters. The van der Waals surface area contributed by atoms with Gasteiger partial charge in [-0.15, -0.1) is 0 Å². The van der Waals surface area contributed by atoms with E-state index >= 15 is 0 Å². The molecule has 0 radical (unpaired) electrons. The summed E-state index contributed by atoms with van der Waals surface area (Å²) in [7, 11) is 0. The fourth-order valence-electron chi connectivity index (χ4n) is 2.49. The molecule has 126 valence electrons. The smallest absolute Gasteiger partial charge is 0.321 e. The van der Waals surface area contributed by atoms with E-state index in [1.54, 1.807) is 29.4 Å². The number of nitrogens with zero attached hydrogens (tertiary/aromatic N) is 2. The minimum absolute atomic E-state index is 0.00109. The molecule has 0 aliphatic carbocycles. The number of pyridine rings is 1. The summed E-state index contributed by atoms with van der Waals surface area (Å²) in [6.45, 7) is 7.42. The van der Waals surface area contributed by atoms with Crippen molar-refractivity contribution >= 4 is 17.6 Å². The number of anilines is 1. The number of aromatic nitrogens is 1. The first-order valence-corrected chi connectivity index (χ1v) is 8.23. The largest absolute Gasteiger partial charge is 0.353 e. The van der Waals surface area contributed by atoms with E-state index < -0.39 is 0 Å². The van der Waals surface area contributed by atoms with E-state index in [9.17, 15) is 9.59 Å². The summed E-state index contributed by atoms with van der Waals surface area (Å²) in [5, 5.41) is 5.92. The van der Waals surface area contributed by atoms with Crippen molar-refractivity contribution in [2.75, 3.05) is 18.4 Å². The van der Waals surface area contributed by atoms with Gasteiger partial charge in [-0.2, -0.15) is 0 Å². The molecule has 1 aromatic heterocycles. The number of carbonyl (C=O) groups is 2. The lowest BCUT2D eigenvalue weighted by molar-refractivity contribution is -0.127. The fraction of sp³-hybridized carbons (Fsp3) is 0.588. The molecule has 2 rings (SSSR count). The van der Waals surface area contributed by atoms with Crippen LogP contribution < -0.4 is 10.6 Å². The van der Waals surface area contributed by atoms with Gasteiger partial charge in [0.15, 0.2) is 0 Å². The van der Waals surface area contributed by atoms with Crippen molar-refractivity contribution in [3.8, 4) is 0 Å². The lowest BCUT2D eigenvalue weighted by Gasteiger charge is -2.32. The molecule has 1 aliphatic heterocycles. The van der Waals surface area contributed by atoms with Crippen molar-refractivity contribution in [3.05, 3.63) is 24.5 Å². The van der Waals surface area contributed by atoms with Gasteiger partial charge in [0.25, 0.3) is 0 Å². The highest BCUT2D eigenvalue weighted by Gasteiger charge is 2.28. The number of nitrogens with one attached hydrogen (secondary N) is 2. The summed E-state index contributed by atoms with van der Waals surface area (Å²) in [5.41, 5.74) is 0.732. The van der Waals surface area contributed by atoms with Crippen molar-refractivity contribution in [2.45, 2.75) is 39.7 Å². The van der Waals surface area contributed by atoms with Gasteiger partial charge in [0.2, 0.25) is 5.91 Å². The average Bonchev–Trinajstić information content (AvgIpc) is 2.55. The highest BCUT2D eigenvalue weighted by atomic mass is 16.2. The Morgan fingerprint density at radius 2 is 1.78 bits per heavy atom. The van der Waals surface area contributed by atoms with Crippen LogP contribution in [0.2, 0.25) is 0 Å². The zero-order chi connectivity index (χ0) is 16.8. The Morgan fingerprint density at radius 3 is 2.35 bits per heavy atom. The topological polar surface area (TPSA) is 74.3 Å². The molecule has 0 aromatic carbocycles. The molecule has 0 spiro atoms. The van der Waals surface area contributed by atoms with E-state index in [1.807, 2.05) is 6.92 Å². The number of hydrogen-bond donors (Lipinski definition) is 2. The van der Waals surface area contributed by atoms with Crippen LogP contribution in [-0.2, 0) is 4.79 Å². The van der Waals surface area contributed by atoms with Crippen LogP contribution in [-0.4, -0.2) is 41.0 Å². The van der Waals surface area contributed by atoms with Gasteiger partial charge in [-0.25, -0.2) is 4.79 Å². The third-order valence-corrected chi connectivity index (χ3v) is 4.45. The van der Waals surface area contributed by atoms with Crippen molar-refractivity contribution in [1.29, 1.82) is 0 Å². The average molecular weight is 318 g/mol. The van der Waals surface area contributed by atoms with E-state index in [-0.39, 0.29) is 23.9 Å². The van der Waals surface area contributed by atoms with Crippen LogP contribution in [0.15, 0.2) is 24.5 Å². The molecule has 1 aromatic rings. The van der Waals surface area contributed by atoms with Gasteiger partial charge in [-0.3, -0.25) is 9.78 Å². The van der Waals surface area contributed by atoms with E-state index in [0.717, 1.165) is 5.69 Å². The van der Waals surface area contributed by atoms with E-state index in [4.69, 9.17) is 0 Å². The first kappa shape index (κ1) is 17.2. The molecule has 6 heteroatoms. The molecule has 3 amide bonds. The van der Waals surface area contributed by atoms with Crippen molar-refractivity contribution in [2.24, 2.45) is 11.8 Å². The number of hydrogen-bond acceptors (Lipinski definition) is 3. The Kier molecular flexibility index (Phi) is 5.96. The number of likely N-dealkylation sites (tertiary alicyclic amines) is 1. The SMILES string of the molecule is CC(C)[C@@H](C)NC(=O)C1CCN(C(=O)Nc2ccncc2)CC1. The predicted molar refractivity (Wildman–Crippen MR) is 90.0 cm³/mol. The molecular formula is C17H26N4O2. The first-order chi connectivity index (χ1) is 11.0. The Balaban J connectivity index is 1.79. The molecule has 1 aliphatic rings. The zero-order valence-electron chi connectivity index (χ0n) is 14.1. The highest BCUT2D eigenvalue weighted by molar-refractivity contribution is 5.89. The summed E-state index contributed by atoms with van der Waals surface area (Å²) < 4.78 is 0. The molecule has 23 heavy (non-hydrogen) atoms. The van der Waals surface area contributed by atoms with Crippen molar-refractivity contribution in [1.82, 2.24) is 15.2 Å². The number of piperidine rings is 1. The summed E-state index contributed by atoms with van der Waals surface area (Å²) in [6, 6.07) is 3.57. The van der Waals surface area contributed by atoms with Crippen LogP contribution in [0.4, 0.5) is 10.5 Å². The summed E-state index contributed by atoms with van der Waals surface area (Å²) in [4.78, 5) is 30.1. The van der Waals surface area contributed by atoms with Gasteiger partial charge in [-0.1, -0.05) is 13.8 Å². The molecular weight excluding hydrogens is 292 g/mol. The van der Waals surface area contributed by atoms with Crippen LogP contribution >= 0.6 is 0 Å². The van der Waals surface area contributed by atoms with Gasteiger partial charge in [0.05, 0.1) is 0 Å². The molecule has 2 heterocycles. The summed E-state index contributed by atoms with van der Waals surface area (Å²) in [5.74, 6) is 0.534. The lowest BCUT2D eigenvalue weighted by atomic mass is 9.95. The van der Waals surface area contributed by atoms with Gasteiger partial charge in [0, 0.05) is 43.1 Å². The zero-order valence-corrected chi connectivity index (χ0v) is 14.1. The molecule has 2 N–H and O–H groups in total. The van der Waals surface area contributed by atoms with Crippen LogP contribution in [0.3, 0.4) is 0 Å². The normalized spacial score (nSPS) is 17.0. The van der Waals surface area contributed by atoms with Crippen LogP contribution in [0, 0.1) is 11.8 Å². The Morgan fingerprint density at radius 1 is 1.17 bits per heavy atom. The summed E-state index contributed by atoms with van der Waals surface area (Å²) >= 11 is 0. The van der Waals surface area contributed by atoms with Crippen LogP contribution in [0.25, 0.3) is 0 Å². The minimum Gasteiger partial charge on any atom is -0.353 e. The first-order valence-electron chi connectivity index (χ1n) is 8.23.